The second-order valence-corrected chi connectivity index (χ2v) is 6.96. The summed E-state index contributed by atoms with van der Waals surface area (Å²) < 4.78 is 0.964. The number of aliphatic carboxylic acids is 1. The van der Waals surface area contributed by atoms with Gasteiger partial charge in [0.1, 0.15) is 0 Å². The van der Waals surface area contributed by atoms with Crippen LogP contribution in [0.1, 0.15) is 36.4 Å². The van der Waals surface area contributed by atoms with Crippen molar-refractivity contribution < 1.29 is 14.7 Å². The molecule has 1 amide bonds. The minimum atomic E-state index is -1.14. The standard InChI is InChI=1S/C20H19BrN2O3/c21-16-11-9-15(10-12-16)18-13-17(14-5-2-1-3-6-14)22-23(18)19(24)7-4-8-20(25)26/h1-3,5-6,9-13,18,22H,4,7-8H2,(H,25,26)/p-1/t18-/m1/s1. The quantitative estimate of drug-likeness (QED) is 0.789. The number of carboxylic acids is 1. The van der Waals surface area contributed by atoms with E-state index in [0.29, 0.717) is 0 Å². The van der Waals surface area contributed by atoms with Gasteiger partial charge in [-0.05, 0) is 42.2 Å². The van der Waals surface area contributed by atoms with Gasteiger partial charge in [0.2, 0.25) is 5.91 Å². The van der Waals surface area contributed by atoms with Gasteiger partial charge < -0.3 is 9.90 Å². The summed E-state index contributed by atoms with van der Waals surface area (Å²) in [6.45, 7) is 0. The monoisotopic (exact) mass is 413 g/mol. The Morgan fingerprint density at radius 3 is 2.38 bits per heavy atom. The first-order chi connectivity index (χ1) is 12.5. The number of nitrogens with one attached hydrogen (secondary N) is 1. The second-order valence-electron chi connectivity index (χ2n) is 6.04. The van der Waals surface area contributed by atoms with E-state index >= 15 is 0 Å². The molecular formula is C20H18BrN2O3-. The molecule has 1 N–H and O–H groups in total. The lowest BCUT2D eigenvalue weighted by Gasteiger charge is -2.25. The molecule has 0 aromatic heterocycles. The zero-order valence-electron chi connectivity index (χ0n) is 14.0. The lowest BCUT2D eigenvalue weighted by molar-refractivity contribution is -0.305. The zero-order valence-corrected chi connectivity index (χ0v) is 15.6. The zero-order chi connectivity index (χ0) is 18.5. The topological polar surface area (TPSA) is 72.5 Å². The van der Waals surface area contributed by atoms with E-state index < -0.39 is 5.97 Å². The Balaban J connectivity index is 1.83. The Morgan fingerprint density at radius 2 is 1.73 bits per heavy atom. The average Bonchev–Trinajstić information content (AvgIpc) is 3.08. The smallest absolute Gasteiger partial charge is 0.241 e. The molecule has 0 bridgehead atoms. The number of carbonyl (C=O) groups is 2. The molecule has 3 rings (SSSR count). The molecule has 0 radical (unpaired) electrons. The minimum absolute atomic E-state index is 0.124. The third-order valence-electron chi connectivity index (χ3n) is 4.18. The molecule has 1 heterocycles. The van der Waals surface area contributed by atoms with Gasteiger partial charge in [-0.25, -0.2) is 5.01 Å². The number of hydrazine groups is 1. The maximum atomic E-state index is 12.7. The molecule has 134 valence electrons. The van der Waals surface area contributed by atoms with E-state index in [2.05, 4.69) is 21.4 Å². The first kappa shape index (κ1) is 18.2. The number of amides is 1. The van der Waals surface area contributed by atoms with Crippen LogP contribution in [0.5, 0.6) is 0 Å². The molecule has 0 spiro atoms. The number of hydrogen-bond donors (Lipinski definition) is 1. The van der Waals surface area contributed by atoms with Crippen LogP contribution in [-0.4, -0.2) is 16.9 Å². The van der Waals surface area contributed by atoms with Gasteiger partial charge in [0.05, 0.1) is 11.7 Å². The molecule has 1 aliphatic rings. The van der Waals surface area contributed by atoms with Crippen LogP contribution in [0.15, 0.2) is 65.1 Å². The summed E-state index contributed by atoms with van der Waals surface area (Å²) in [7, 11) is 0. The third-order valence-corrected chi connectivity index (χ3v) is 4.71. The number of nitrogens with zero attached hydrogens (tertiary/aromatic N) is 1. The van der Waals surface area contributed by atoms with E-state index in [1.165, 1.54) is 0 Å². The van der Waals surface area contributed by atoms with E-state index in [1.54, 1.807) is 5.01 Å². The highest BCUT2D eigenvalue weighted by atomic mass is 79.9. The highest BCUT2D eigenvalue weighted by Gasteiger charge is 2.30. The third kappa shape index (κ3) is 4.32. The van der Waals surface area contributed by atoms with Crippen LogP contribution < -0.4 is 10.5 Å². The molecule has 0 fully saturated rings. The van der Waals surface area contributed by atoms with E-state index in [9.17, 15) is 14.7 Å². The number of halogens is 1. The summed E-state index contributed by atoms with van der Waals surface area (Å²) in [5, 5.41) is 12.2. The van der Waals surface area contributed by atoms with Crippen molar-refractivity contribution in [2.45, 2.75) is 25.3 Å². The molecular weight excluding hydrogens is 396 g/mol. The molecule has 2 aromatic carbocycles. The fraction of sp³-hybridized carbons (Fsp3) is 0.200. The van der Waals surface area contributed by atoms with E-state index in [1.807, 2.05) is 60.7 Å². The lowest BCUT2D eigenvalue weighted by Crippen LogP contribution is -2.39. The maximum Gasteiger partial charge on any atom is 0.241 e. The number of rotatable bonds is 6. The van der Waals surface area contributed by atoms with Crippen molar-refractivity contribution in [1.82, 2.24) is 10.4 Å². The van der Waals surface area contributed by atoms with E-state index in [-0.39, 0.29) is 31.2 Å². The van der Waals surface area contributed by atoms with Crippen molar-refractivity contribution in [3.05, 3.63) is 76.3 Å². The van der Waals surface area contributed by atoms with Crippen LogP contribution in [0, 0.1) is 0 Å². The number of carboxylic acid groups (broad SMARTS) is 1. The van der Waals surface area contributed by atoms with Gasteiger partial charge in [-0.15, -0.1) is 0 Å². The fourth-order valence-electron chi connectivity index (χ4n) is 2.87. The molecule has 0 saturated carbocycles. The van der Waals surface area contributed by atoms with Crippen molar-refractivity contribution in [2.75, 3.05) is 0 Å². The Kier molecular flexibility index (Phi) is 5.73. The molecule has 5 nitrogen and oxygen atoms in total. The van der Waals surface area contributed by atoms with Crippen molar-refractivity contribution in [2.24, 2.45) is 0 Å². The SMILES string of the molecule is O=C([O-])CCCC(=O)N1NC(c2ccccc2)=C[C@@H]1c1ccc(Br)cc1. The Labute approximate surface area is 160 Å². The Morgan fingerprint density at radius 1 is 1.04 bits per heavy atom. The van der Waals surface area contributed by atoms with Crippen molar-refractivity contribution >= 4 is 33.5 Å². The summed E-state index contributed by atoms with van der Waals surface area (Å²) in [6.07, 6.45) is 2.29. The number of carbonyl (C=O) groups excluding carboxylic acids is 2. The minimum Gasteiger partial charge on any atom is -0.550 e. The summed E-state index contributed by atoms with van der Waals surface area (Å²) >= 11 is 3.42. The normalized spacial score (nSPS) is 16.1. The van der Waals surface area contributed by atoms with Crippen molar-refractivity contribution in [3.63, 3.8) is 0 Å². The Bertz CT molecular complexity index is 819. The van der Waals surface area contributed by atoms with Crippen molar-refractivity contribution in [3.8, 4) is 0 Å². The van der Waals surface area contributed by atoms with Crippen LogP contribution in [0.2, 0.25) is 0 Å². The highest BCUT2D eigenvalue weighted by Crippen LogP contribution is 2.32. The lowest BCUT2D eigenvalue weighted by atomic mass is 10.0. The first-order valence-corrected chi connectivity index (χ1v) is 9.15. The van der Waals surface area contributed by atoms with Gasteiger partial charge >= 0.3 is 0 Å². The maximum absolute atomic E-state index is 12.7. The summed E-state index contributed by atoms with van der Waals surface area (Å²) in [5.41, 5.74) is 5.99. The summed E-state index contributed by atoms with van der Waals surface area (Å²) in [6, 6.07) is 17.3. The fourth-order valence-corrected chi connectivity index (χ4v) is 3.14. The molecule has 1 atom stereocenters. The first-order valence-electron chi connectivity index (χ1n) is 8.36. The second kappa shape index (κ2) is 8.19. The van der Waals surface area contributed by atoms with Crippen LogP contribution >= 0.6 is 15.9 Å². The van der Waals surface area contributed by atoms with Gasteiger partial charge in [0, 0.05) is 16.9 Å². The predicted molar refractivity (Wildman–Crippen MR) is 100 cm³/mol. The van der Waals surface area contributed by atoms with Gasteiger partial charge in [-0.3, -0.25) is 10.2 Å². The van der Waals surface area contributed by atoms with Crippen LogP contribution in [0.25, 0.3) is 5.70 Å². The molecule has 26 heavy (non-hydrogen) atoms. The van der Waals surface area contributed by atoms with Crippen LogP contribution in [0.3, 0.4) is 0 Å². The molecule has 0 aliphatic carbocycles. The summed E-state index contributed by atoms with van der Waals surface area (Å²) in [5.74, 6) is -1.29. The number of benzene rings is 2. The van der Waals surface area contributed by atoms with Crippen LogP contribution in [0.4, 0.5) is 0 Å². The molecule has 0 saturated heterocycles. The highest BCUT2D eigenvalue weighted by molar-refractivity contribution is 9.10. The molecule has 2 aromatic rings. The molecule has 1 aliphatic heterocycles. The van der Waals surface area contributed by atoms with Gasteiger partial charge in [-0.2, -0.15) is 0 Å². The average molecular weight is 414 g/mol. The molecule has 0 unspecified atom stereocenters. The molecule has 6 heteroatoms. The van der Waals surface area contributed by atoms with Gasteiger partial charge in [-0.1, -0.05) is 58.4 Å². The largest absolute Gasteiger partial charge is 0.550 e. The van der Waals surface area contributed by atoms with Crippen LogP contribution in [-0.2, 0) is 9.59 Å². The van der Waals surface area contributed by atoms with E-state index in [4.69, 9.17) is 0 Å². The number of hydrogen-bond acceptors (Lipinski definition) is 4. The van der Waals surface area contributed by atoms with Crippen molar-refractivity contribution in [1.29, 1.82) is 0 Å². The summed E-state index contributed by atoms with van der Waals surface area (Å²) in [4.78, 5) is 23.3. The van der Waals surface area contributed by atoms with Gasteiger partial charge in [0.15, 0.2) is 0 Å². The van der Waals surface area contributed by atoms with Gasteiger partial charge in [0.25, 0.3) is 0 Å². The van der Waals surface area contributed by atoms with E-state index in [0.717, 1.165) is 21.3 Å². The predicted octanol–water partition coefficient (Wildman–Crippen LogP) is 2.80. The Hall–Kier alpha value is -2.60.